The van der Waals surface area contributed by atoms with Crippen LogP contribution in [0, 0.1) is 0 Å². The fraction of sp³-hybridized carbons (Fsp3) is 0.444. The van der Waals surface area contributed by atoms with Crippen LogP contribution in [0.2, 0.25) is 5.02 Å². The number of carbonyl (C=O) groups is 3. The number of anilines is 5. The topological polar surface area (TPSA) is 162 Å². The molecule has 1 aromatic heterocycles. The number of amides is 3. The number of piperidine rings is 2. The third kappa shape index (κ3) is 9.41. The zero-order valence-electron chi connectivity index (χ0n) is 35.8. The van der Waals surface area contributed by atoms with Gasteiger partial charge in [0.15, 0.2) is 5.82 Å². The highest BCUT2D eigenvalue weighted by atomic mass is 35.5. The molecule has 0 aliphatic carbocycles. The molecule has 4 aliphatic heterocycles. The predicted octanol–water partition coefficient (Wildman–Crippen LogP) is 5.86. The first-order valence-corrected chi connectivity index (χ1v) is 24.4. The Kier molecular flexibility index (Phi) is 13.1. The van der Waals surface area contributed by atoms with E-state index in [4.69, 9.17) is 21.1 Å². The zero-order valence-corrected chi connectivity index (χ0v) is 37.4. The van der Waals surface area contributed by atoms with E-state index < -0.39 is 19.1 Å². The van der Waals surface area contributed by atoms with Gasteiger partial charge in [0.25, 0.3) is 5.91 Å². The molecule has 15 nitrogen and oxygen atoms in total. The van der Waals surface area contributed by atoms with Gasteiger partial charge in [-0.15, -0.1) is 0 Å². The molecule has 17 heteroatoms. The fourth-order valence-electron chi connectivity index (χ4n) is 9.07. The maximum atomic E-state index is 13.2. The molecule has 0 spiro atoms. The summed E-state index contributed by atoms with van der Waals surface area (Å²) in [5.41, 5.74) is 5.18. The summed E-state index contributed by atoms with van der Waals surface area (Å²) in [4.78, 5) is 55.6. The lowest BCUT2D eigenvalue weighted by Gasteiger charge is -2.43. The SMILES string of the molecule is CCc1cc(Nc2ncc(Cl)c(Nc3ccccc3P(C)(C)=O)n2)c(OC)cc1N1CCC(N2CCN(CCOc3cccc4c3CN([C@@H]3CCC(=O)NC3=O)C4=O)CC2)CC1. The number of hydrogen-bond donors (Lipinski definition) is 3. The smallest absolute Gasteiger partial charge is 0.255 e. The van der Waals surface area contributed by atoms with E-state index in [0.717, 1.165) is 81.6 Å². The standard InChI is InChI=1S/C45H55ClN9O6P/c1-5-29-25-35(49-45-47-27-33(46)42(51-45)48-34-10-6-7-12-40(34)62(3,4)59)39(60-2)26-37(29)54-17-15-30(16-18-54)53-21-19-52(20-22-53)23-24-61-38-11-8-9-31-32(38)28-55(44(31)58)36-13-14-41(56)50-43(36)57/h6-12,25-27,30,36H,5,13-24,28H2,1-4H3,(H,50,56,57)(H2,47,48,49,51)/t36-/m1/s1. The molecular weight excluding hydrogens is 829 g/mol. The second-order valence-electron chi connectivity index (χ2n) is 16.7. The van der Waals surface area contributed by atoms with Gasteiger partial charge in [0.2, 0.25) is 17.8 Å². The Morgan fingerprint density at radius 1 is 0.919 bits per heavy atom. The van der Waals surface area contributed by atoms with Crippen molar-refractivity contribution in [1.29, 1.82) is 0 Å². The van der Waals surface area contributed by atoms with Crippen molar-refractivity contribution in [2.75, 3.05) is 88.4 Å². The maximum absolute atomic E-state index is 13.2. The molecule has 4 aliphatic rings. The number of hydrogen-bond acceptors (Lipinski definition) is 13. The number of aryl methyl sites for hydroxylation is 1. The van der Waals surface area contributed by atoms with E-state index in [0.29, 0.717) is 65.2 Å². The number of rotatable bonds is 14. The van der Waals surface area contributed by atoms with Crippen LogP contribution in [-0.2, 0) is 27.1 Å². The van der Waals surface area contributed by atoms with E-state index >= 15 is 0 Å². The summed E-state index contributed by atoms with van der Waals surface area (Å²) in [5, 5.41) is 10.1. The first-order valence-electron chi connectivity index (χ1n) is 21.4. The minimum atomic E-state index is -2.56. The third-order valence-corrected chi connectivity index (χ3v) is 14.3. The number of imide groups is 1. The van der Waals surface area contributed by atoms with Crippen LogP contribution in [-0.4, -0.2) is 127 Å². The Morgan fingerprint density at radius 2 is 1.69 bits per heavy atom. The number of para-hydroxylation sites is 1. The number of fused-ring (bicyclic) bond motifs is 1. The van der Waals surface area contributed by atoms with Gasteiger partial charge in [-0.2, -0.15) is 4.98 Å². The summed E-state index contributed by atoms with van der Waals surface area (Å²) in [7, 11) is -0.889. The fourth-order valence-corrected chi connectivity index (χ4v) is 10.4. The molecule has 4 aromatic rings. The van der Waals surface area contributed by atoms with Gasteiger partial charge in [0.05, 0.1) is 31.2 Å². The van der Waals surface area contributed by atoms with Crippen molar-refractivity contribution in [3.05, 3.63) is 82.5 Å². The molecule has 0 bridgehead atoms. The molecule has 0 unspecified atom stereocenters. The van der Waals surface area contributed by atoms with Gasteiger partial charge >= 0.3 is 0 Å². The van der Waals surface area contributed by atoms with Crippen molar-refractivity contribution in [2.24, 2.45) is 0 Å². The second-order valence-corrected chi connectivity index (χ2v) is 20.3. The quantitative estimate of drug-likeness (QED) is 0.102. The molecule has 3 N–H and O–H groups in total. The molecule has 5 heterocycles. The van der Waals surface area contributed by atoms with Crippen LogP contribution in [0.1, 0.15) is 54.1 Å². The molecule has 3 aromatic carbocycles. The first kappa shape index (κ1) is 43.4. The molecule has 3 fully saturated rings. The number of halogens is 1. The molecule has 0 radical (unpaired) electrons. The Bertz CT molecular complexity index is 2380. The second kappa shape index (κ2) is 18.6. The average Bonchev–Trinajstić information content (AvgIpc) is 3.61. The highest BCUT2D eigenvalue weighted by Gasteiger charge is 2.40. The summed E-state index contributed by atoms with van der Waals surface area (Å²) < 4.78 is 25.1. The minimum absolute atomic E-state index is 0.196. The molecular formula is C45H55ClN9O6P. The molecule has 0 saturated carbocycles. The number of nitrogens with zero attached hydrogens (tertiary/aromatic N) is 6. The Labute approximate surface area is 367 Å². The monoisotopic (exact) mass is 883 g/mol. The first-order chi connectivity index (χ1) is 29.9. The number of methoxy groups -OCH3 is 1. The van der Waals surface area contributed by atoms with Gasteiger partial charge in [0, 0.05) is 86.5 Å². The van der Waals surface area contributed by atoms with Gasteiger partial charge < -0.3 is 34.5 Å². The molecule has 8 rings (SSSR count). The normalized spacial score (nSPS) is 19.0. The number of carbonyl (C=O) groups excluding carboxylic acids is 3. The average molecular weight is 884 g/mol. The Hall–Kier alpha value is -5.21. The van der Waals surface area contributed by atoms with Crippen molar-refractivity contribution >= 4 is 70.6 Å². The van der Waals surface area contributed by atoms with E-state index in [1.54, 1.807) is 37.6 Å². The van der Waals surface area contributed by atoms with E-state index in [1.165, 1.54) is 11.3 Å². The number of ether oxygens (including phenoxy) is 2. The summed E-state index contributed by atoms with van der Waals surface area (Å²) in [5.74, 6) is 1.21. The highest BCUT2D eigenvalue weighted by Crippen LogP contribution is 2.40. The van der Waals surface area contributed by atoms with Crippen LogP contribution in [0.15, 0.2) is 60.8 Å². The third-order valence-electron chi connectivity index (χ3n) is 12.4. The Morgan fingerprint density at radius 3 is 2.42 bits per heavy atom. The van der Waals surface area contributed by atoms with E-state index in [1.807, 2.05) is 36.4 Å². The molecule has 3 saturated heterocycles. The predicted molar refractivity (Wildman–Crippen MR) is 243 cm³/mol. The van der Waals surface area contributed by atoms with E-state index in [-0.39, 0.29) is 18.2 Å². The zero-order chi connectivity index (χ0) is 43.5. The van der Waals surface area contributed by atoms with Gasteiger partial charge in [-0.3, -0.25) is 29.5 Å². The van der Waals surface area contributed by atoms with E-state index in [2.05, 4.69) is 59.7 Å². The number of benzene rings is 3. The lowest BCUT2D eigenvalue weighted by atomic mass is 9.99. The van der Waals surface area contributed by atoms with Crippen LogP contribution < -0.4 is 35.6 Å². The maximum Gasteiger partial charge on any atom is 0.255 e. The number of aromatic nitrogens is 2. The molecule has 328 valence electrons. The van der Waals surface area contributed by atoms with Crippen LogP contribution in [0.3, 0.4) is 0 Å². The van der Waals surface area contributed by atoms with Crippen molar-refractivity contribution < 1.29 is 28.4 Å². The van der Waals surface area contributed by atoms with Crippen molar-refractivity contribution in [3.8, 4) is 11.5 Å². The molecule has 1 atom stereocenters. The lowest BCUT2D eigenvalue weighted by Crippen LogP contribution is -2.53. The van der Waals surface area contributed by atoms with Crippen LogP contribution >= 0.6 is 18.7 Å². The Balaban J connectivity index is 0.827. The van der Waals surface area contributed by atoms with Crippen molar-refractivity contribution in [1.82, 2.24) is 30.0 Å². The number of piperazine rings is 1. The van der Waals surface area contributed by atoms with Gasteiger partial charge in [-0.25, -0.2) is 4.98 Å². The summed E-state index contributed by atoms with van der Waals surface area (Å²) in [6.07, 6.45) is 5.09. The van der Waals surface area contributed by atoms with Gasteiger partial charge in [-0.05, 0) is 74.9 Å². The van der Waals surface area contributed by atoms with Crippen LogP contribution in [0.5, 0.6) is 11.5 Å². The summed E-state index contributed by atoms with van der Waals surface area (Å²) >= 11 is 6.53. The van der Waals surface area contributed by atoms with Gasteiger partial charge in [0.1, 0.15) is 36.3 Å². The molecule has 62 heavy (non-hydrogen) atoms. The highest BCUT2D eigenvalue weighted by molar-refractivity contribution is 7.70. The van der Waals surface area contributed by atoms with Crippen LogP contribution in [0.4, 0.5) is 28.8 Å². The largest absolute Gasteiger partial charge is 0.494 e. The lowest BCUT2D eigenvalue weighted by molar-refractivity contribution is -0.136. The summed E-state index contributed by atoms with van der Waals surface area (Å²) in [6.45, 7) is 13.1. The molecule has 3 amide bonds. The summed E-state index contributed by atoms with van der Waals surface area (Å²) in [6, 6.07) is 17.1. The minimum Gasteiger partial charge on any atom is -0.494 e. The number of nitrogens with one attached hydrogen (secondary N) is 3. The van der Waals surface area contributed by atoms with E-state index in [9.17, 15) is 18.9 Å². The van der Waals surface area contributed by atoms with Crippen LogP contribution in [0.25, 0.3) is 0 Å². The van der Waals surface area contributed by atoms with Gasteiger partial charge in [-0.1, -0.05) is 36.7 Å². The van der Waals surface area contributed by atoms with Crippen molar-refractivity contribution in [2.45, 2.75) is 57.7 Å². The van der Waals surface area contributed by atoms with Crippen molar-refractivity contribution in [3.63, 3.8) is 0 Å².